The highest BCUT2D eigenvalue weighted by molar-refractivity contribution is 6.29. The predicted octanol–water partition coefficient (Wildman–Crippen LogP) is 3.80. The van der Waals surface area contributed by atoms with Gasteiger partial charge in [0.1, 0.15) is 5.15 Å². The molecule has 0 N–H and O–H groups in total. The average molecular weight is 275 g/mol. The number of pyridine rings is 1. The minimum atomic E-state index is 0.211. The number of nitrogens with zero attached hydrogens (tertiary/aromatic N) is 2. The van der Waals surface area contributed by atoms with E-state index in [9.17, 15) is 0 Å². The molecule has 2 aromatic rings. The van der Waals surface area contributed by atoms with Gasteiger partial charge in [0.2, 0.25) is 5.88 Å². The first-order chi connectivity index (χ1) is 9.22. The summed E-state index contributed by atoms with van der Waals surface area (Å²) < 4.78 is 11.1. The topological polar surface area (TPSA) is 55.1 Å². The molecule has 19 heavy (non-hydrogen) atoms. The fourth-order valence-corrected chi connectivity index (χ4v) is 1.71. The highest BCUT2D eigenvalue weighted by Gasteiger charge is 2.08. The molecular weight excluding hydrogens is 264 g/mol. The van der Waals surface area contributed by atoms with E-state index in [4.69, 9.17) is 26.3 Å². The van der Waals surface area contributed by atoms with Crippen LogP contribution in [0.4, 0.5) is 0 Å². The Hall–Kier alpha value is -2.25. The molecule has 0 aliphatic rings. The normalized spacial score (nSPS) is 9.74. The van der Waals surface area contributed by atoms with Gasteiger partial charge >= 0.3 is 0 Å². The second-order valence-corrected chi connectivity index (χ2v) is 4.00. The van der Waals surface area contributed by atoms with Gasteiger partial charge in [-0.05, 0) is 25.1 Å². The lowest BCUT2D eigenvalue weighted by molar-refractivity contribution is 0.319. The molecule has 4 nitrogen and oxygen atoms in total. The lowest BCUT2D eigenvalue weighted by Gasteiger charge is -2.10. The Morgan fingerprint density at radius 3 is 2.68 bits per heavy atom. The zero-order valence-corrected chi connectivity index (χ0v) is 11.0. The number of aromatic nitrogens is 1. The van der Waals surface area contributed by atoms with Crippen molar-refractivity contribution in [3.8, 4) is 23.4 Å². The summed E-state index contributed by atoms with van der Waals surface area (Å²) in [5, 5.41) is 9.09. The van der Waals surface area contributed by atoms with Crippen LogP contribution in [0, 0.1) is 11.3 Å². The molecule has 96 valence electrons. The summed E-state index contributed by atoms with van der Waals surface area (Å²) >= 11 is 5.82. The molecule has 2 rings (SSSR count). The zero-order chi connectivity index (χ0) is 13.7. The summed E-state index contributed by atoms with van der Waals surface area (Å²) in [4.78, 5) is 4.01. The maximum Gasteiger partial charge on any atom is 0.222 e. The van der Waals surface area contributed by atoms with Gasteiger partial charge in [0.25, 0.3) is 0 Å². The van der Waals surface area contributed by atoms with E-state index in [2.05, 4.69) is 4.98 Å². The summed E-state index contributed by atoms with van der Waals surface area (Å²) in [6, 6.07) is 12.2. The molecular formula is C14H11ClN2O2. The Bertz CT molecular complexity index is 623. The number of benzene rings is 1. The minimum Gasteiger partial charge on any atom is -0.490 e. The lowest BCUT2D eigenvalue weighted by Crippen LogP contribution is -1.96. The lowest BCUT2D eigenvalue weighted by atomic mass is 10.3. The van der Waals surface area contributed by atoms with Crippen molar-refractivity contribution < 1.29 is 9.47 Å². The number of hydrogen-bond acceptors (Lipinski definition) is 4. The molecule has 5 heteroatoms. The van der Waals surface area contributed by atoms with Crippen LogP contribution in [-0.4, -0.2) is 11.6 Å². The fraction of sp³-hybridized carbons (Fsp3) is 0.143. The summed E-state index contributed by atoms with van der Waals surface area (Å²) in [7, 11) is 0. The fourth-order valence-electron chi connectivity index (χ4n) is 1.51. The highest BCUT2D eigenvalue weighted by atomic mass is 35.5. The monoisotopic (exact) mass is 274 g/mol. The van der Waals surface area contributed by atoms with E-state index in [0.29, 0.717) is 23.7 Å². The summed E-state index contributed by atoms with van der Waals surface area (Å²) in [6.07, 6.45) is 0. The number of halogens is 1. The molecule has 1 aromatic heterocycles. The molecule has 0 saturated heterocycles. The van der Waals surface area contributed by atoms with E-state index in [1.807, 2.05) is 25.1 Å². The largest absolute Gasteiger partial charge is 0.490 e. The van der Waals surface area contributed by atoms with Crippen LogP contribution in [-0.2, 0) is 0 Å². The van der Waals surface area contributed by atoms with Gasteiger partial charge in [-0.2, -0.15) is 5.26 Å². The van der Waals surface area contributed by atoms with Crippen LogP contribution in [0.5, 0.6) is 17.4 Å². The zero-order valence-electron chi connectivity index (χ0n) is 10.3. The van der Waals surface area contributed by atoms with Gasteiger partial charge in [0, 0.05) is 6.07 Å². The molecule has 0 aliphatic carbocycles. The molecule has 0 radical (unpaired) electrons. The molecule has 0 saturated carbocycles. The number of rotatable bonds is 4. The molecule has 1 heterocycles. The molecule has 0 spiro atoms. The average Bonchev–Trinajstić information content (AvgIpc) is 2.40. The molecule has 0 amide bonds. The quantitative estimate of drug-likeness (QED) is 0.796. The van der Waals surface area contributed by atoms with Gasteiger partial charge in [-0.15, -0.1) is 0 Å². The molecule has 1 aromatic carbocycles. The van der Waals surface area contributed by atoms with Gasteiger partial charge in [-0.1, -0.05) is 23.7 Å². The number of nitriles is 1. The van der Waals surface area contributed by atoms with Crippen molar-refractivity contribution in [2.45, 2.75) is 6.92 Å². The van der Waals surface area contributed by atoms with Crippen LogP contribution in [0.25, 0.3) is 0 Å². The van der Waals surface area contributed by atoms with E-state index in [-0.39, 0.29) is 11.0 Å². The second-order valence-electron chi connectivity index (χ2n) is 3.61. The van der Waals surface area contributed by atoms with Gasteiger partial charge in [0.15, 0.2) is 11.5 Å². The van der Waals surface area contributed by atoms with E-state index in [1.165, 1.54) is 12.1 Å². The van der Waals surface area contributed by atoms with Crippen LogP contribution >= 0.6 is 11.6 Å². The first-order valence-electron chi connectivity index (χ1n) is 5.70. The van der Waals surface area contributed by atoms with Gasteiger partial charge in [-0.25, -0.2) is 4.98 Å². The number of ether oxygens (including phenoxy) is 2. The predicted molar refractivity (Wildman–Crippen MR) is 71.6 cm³/mol. The van der Waals surface area contributed by atoms with E-state index in [1.54, 1.807) is 12.1 Å². The Morgan fingerprint density at radius 1 is 1.26 bits per heavy atom. The van der Waals surface area contributed by atoms with Gasteiger partial charge < -0.3 is 9.47 Å². The van der Waals surface area contributed by atoms with Crippen LogP contribution < -0.4 is 9.47 Å². The summed E-state index contributed by atoms with van der Waals surface area (Å²) in [5.41, 5.74) is 0.392. The Labute approximate surface area is 116 Å². The third kappa shape index (κ3) is 3.36. The Balaban J connectivity index is 2.31. The third-order valence-corrected chi connectivity index (χ3v) is 2.46. The Kier molecular flexibility index (Phi) is 4.22. The van der Waals surface area contributed by atoms with Crippen molar-refractivity contribution in [2.75, 3.05) is 6.61 Å². The van der Waals surface area contributed by atoms with Crippen molar-refractivity contribution in [3.05, 3.63) is 47.1 Å². The number of para-hydroxylation sites is 2. The number of hydrogen-bond donors (Lipinski definition) is 0. The second kappa shape index (κ2) is 6.07. The van der Waals surface area contributed by atoms with Crippen molar-refractivity contribution in [1.82, 2.24) is 4.98 Å². The SMILES string of the molecule is CCOc1ccccc1Oc1cc(C#N)cc(Cl)n1. The Morgan fingerprint density at radius 2 is 2.00 bits per heavy atom. The first-order valence-corrected chi connectivity index (χ1v) is 6.08. The standard InChI is InChI=1S/C14H11ClN2O2/c1-2-18-11-5-3-4-6-12(11)19-14-8-10(9-16)7-13(15)17-14/h3-8H,2H2,1H3. The maximum atomic E-state index is 8.87. The van der Waals surface area contributed by atoms with E-state index >= 15 is 0 Å². The highest BCUT2D eigenvalue weighted by Crippen LogP contribution is 2.31. The van der Waals surface area contributed by atoms with Crippen LogP contribution in [0.2, 0.25) is 5.15 Å². The van der Waals surface area contributed by atoms with E-state index < -0.39 is 0 Å². The van der Waals surface area contributed by atoms with Gasteiger partial charge in [0.05, 0.1) is 18.2 Å². The van der Waals surface area contributed by atoms with Crippen molar-refractivity contribution in [1.29, 1.82) is 5.26 Å². The first kappa shape index (κ1) is 13.2. The minimum absolute atomic E-state index is 0.211. The molecule has 0 atom stereocenters. The van der Waals surface area contributed by atoms with Crippen molar-refractivity contribution >= 4 is 11.6 Å². The van der Waals surface area contributed by atoms with Crippen LogP contribution in [0.3, 0.4) is 0 Å². The maximum absolute atomic E-state index is 8.87. The molecule has 0 fully saturated rings. The smallest absolute Gasteiger partial charge is 0.222 e. The van der Waals surface area contributed by atoms with Crippen LogP contribution in [0.1, 0.15) is 12.5 Å². The van der Waals surface area contributed by atoms with Crippen molar-refractivity contribution in [3.63, 3.8) is 0 Å². The molecule has 0 bridgehead atoms. The van der Waals surface area contributed by atoms with Crippen LogP contribution in [0.15, 0.2) is 36.4 Å². The van der Waals surface area contributed by atoms with E-state index in [0.717, 1.165) is 0 Å². The molecule has 0 unspecified atom stereocenters. The summed E-state index contributed by atoms with van der Waals surface area (Å²) in [6.45, 7) is 2.43. The molecule has 0 aliphatic heterocycles. The summed E-state index contributed by atoms with van der Waals surface area (Å²) in [5.74, 6) is 1.41. The van der Waals surface area contributed by atoms with Crippen molar-refractivity contribution in [2.24, 2.45) is 0 Å². The van der Waals surface area contributed by atoms with Gasteiger partial charge in [-0.3, -0.25) is 0 Å². The third-order valence-electron chi connectivity index (χ3n) is 2.26.